The molecule has 1 saturated heterocycles. The lowest BCUT2D eigenvalue weighted by atomic mass is 9.73. The average Bonchev–Trinajstić information content (AvgIpc) is 2.95. The number of aromatic amines is 1. The maximum Gasteiger partial charge on any atom is 0.176 e. The third-order valence-electron chi connectivity index (χ3n) is 5.42. The minimum Gasteiger partial charge on any atom is -0.393 e. The lowest BCUT2D eigenvalue weighted by molar-refractivity contribution is -0.192. The van der Waals surface area contributed by atoms with Crippen LogP contribution in [0.3, 0.4) is 0 Å². The van der Waals surface area contributed by atoms with Gasteiger partial charge in [-0.15, -0.1) is 0 Å². The Morgan fingerprint density at radius 1 is 1.22 bits per heavy atom. The number of nitrogens with zero attached hydrogens (tertiary/aromatic N) is 3. The fraction of sp³-hybridized carbons (Fsp3) is 0.643. The highest BCUT2D eigenvalue weighted by molar-refractivity contribution is 7.71. The Bertz CT molecular complexity index is 830. The van der Waals surface area contributed by atoms with Gasteiger partial charge in [0.2, 0.25) is 0 Å². The van der Waals surface area contributed by atoms with Crippen molar-refractivity contribution < 1.29 is 20.1 Å². The third kappa shape index (κ3) is 1.76. The number of fused-ring (bicyclic) bond motifs is 1. The molecule has 0 radical (unpaired) electrons. The van der Waals surface area contributed by atoms with Gasteiger partial charge in [0.25, 0.3) is 0 Å². The Labute approximate surface area is 137 Å². The minimum absolute atomic E-state index is 0.315. The number of hydrogen-bond donors (Lipinski definition) is 4. The lowest BCUT2D eigenvalue weighted by Crippen LogP contribution is -2.63. The number of rotatable bonds is 2. The maximum absolute atomic E-state index is 11.1. The van der Waals surface area contributed by atoms with Gasteiger partial charge in [0.15, 0.2) is 10.4 Å². The van der Waals surface area contributed by atoms with Crippen LogP contribution in [0.2, 0.25) is 0 Å². The van der Waals surface area contributed by atoms with Crippen LogP contribution in [-0.2, 0) is 10.5 Å². The van der Waals surface area contributed by atoms with Crippen LogP contribution >= 0.6 is 12.2 Å². The van der Waals surface area contributed by atoms with E-state index in [2.05, 4.69) is 15.0 Å². The molecule has 0 spiro atoms. The van der Waals surface area contributed by atoms with E-state index < -0.39 is 29.1 Å². The normalized spacial score (nSPS) is 40.8. The smallest absolute Gasteiger partial charge is 0.176 e. The van der Waals surface area contributed by atoms with E-state index >= 15 is 0 Å². The Balaban J connectivity index is 2.29. The summed E-state index contributed by atoms with van der Waals surface area (Å²) in [7, 11) is 0. The van der Waals surface area contributed by atoms with Gasteiger partial charge in [0.05, 0.1) is 19.3 Å². The largest absolute Gasteiger partial charge is 0.393 e. The van der Waals surface area contributed by atoms with Crippen molar-refractivity contribution in [2.24, 2.45) is 0 Å². The first-order valence-corrected chi connectivity index (χ1v) is 7.60. The van der Waals surface area contributed by atoms with Crippen LogP contribution in [-0.4, -0.2) is 58.2 Å². The van der Waals surface area contributed by atoms with Crippen LogP contribution < -0.4 is 0 Å². The standard InChI is InChI=1S/C14H20N4O4S/c1-11(5-19)12(2,20)13(3,21)14(4,22-11)18-7-17-8-9(18)15-6-16-10(8)23/h6-7,19-21H,5H2,1-4H3,(H,15,16,23). The lowest BCUT2D eigenvalue weighted by Gasteiger charge is -2.42. The number of aliphatic hydroxyl groups excluding tert-OH is 1. The van der Waals surface area contributed by atoms with Crippen molar-refractivity contribution in [3.63, 3.8) is 0 Å². The third-order valence-corrected chi connectivity index (χ3v) is 5.72. The summed E-state index contributed by atoms with van der Waals surface area (Å²) in [5.41, 5.74) is -5.26. The van der Waals surface area contributed by atoms with Crippen molar-refractivity contribution in [3.8, 4) is 0 Å². The van der Waals surface area contributed by atoms with Gasteiger partial charge in [-0.3, -0.25) is 4.57 Å². The molecule has 8 nitrogen and oxygen atoms in total. The quantitative estimate of drug-likeness (QED) is 0.586. The molecule has 3 rings (SSSR count). The van der Waals surface area contributed by atoms with Crippen molar-refractivity contribution in [3.05, 3.63) is 17.3 Å². The molecule has 1 aliphatic rings. The monoisotopic (exact) mass is 340 g/mol. The van der Waals surface area contributed by atoms with E-state index in [0.717, 1.165) is 0 Å². The molecule has 3 heterocycles. The van der Waals surface area contributed by atoms with E-state index in [-0.39, 0.29) is 0 Å². The minimum atomic E-state index is -1.73. The fourth-order valence-electron chi connectivity index (χ4n) is 3.25. The van der Waals surface area contributed by atoms with Gasteiger partial charge >= 0.3 is 0 Å². The molecular formula is C14H20N4O4S. The van der Waals surface area contributed by atoms with Crippen molar-refractivity contribution in [2.75, 3.05) is 6.61 Å². The van der Waals surface area contributed by atoms with E-state index in [1.54, 1.807) is 18.4 Å². The van der Waals surface area contributed by atoms with Gasteiger partial charge in [0.1, 0.15) is 28.0 Å². The zero-order valence-electron chi connectivity index (χ0n) is 13.4. The second-order valence-electron chi connectivity index (χ2n) is 6.64. The summed E-state index contributed by atoms with van der Waals surface area (Å²) in [6.45, 7) is 5.62. The van der Waals surface area contributed by atoms with E-state index in [4.69, 9.17) is 17.0 Å². The first kappa shape index (κ1) is 16.5. The molecule has 0 saturated carbocycles. The Morgan fingerprint density at radius 3 is 2.43 bits per heavy atom. The van der Waals surface area contributed by atoms with E-state index in [9.17, 15) is 15.3 Å². The van der Waals surface area contributed by atoms with Crippen molar-refractivity contribution in [1.29, 1.82) is 0 Å². The van der Waals surface area contributed by atoms with E-state index in [1.807, 2.05) is 0 Å². The summed E-state index contributed by atoms with van der Waals surface area (Å²) < 4.78 is 7.89. The molecular weight excluding hydrogens is 320 g/mol. The SMILES string of the molecule is CC1(CO)OC(C)(n2cnc3c(=S)nc[nH]c32)C(C)(O)C1(C)O. The Hall–Kier alpha value is -1.39. The fourth-order valence-corrected chi connectivity index (χ4v) is 3.46. The molecule has 0 aliphatic carbocycles. The number of H-pyrrole nitrogens is 1. The highest BCUT2D eigenvalue weighted by Gasteiger charge is 2.72. The molecule has 0 amide bonds. The average molecular weight is 340 g/mol. The molecule has 1 aliphatic heterocycles. The van der Waals surface area contributed by atoms with E-state index in [1.165, 1.54) is 26.5 Å². The maximum atomic E-state index is 11.1. The van der Waals surface area contributed by atoms with Crippen LogP contribution in [0.4, 0.5) is 0 Å². The molecule has 23 heavy (non-hydrogen) atoms. The second-order valence-corrected chi connectivity index (χ2v) is 7.02. The number of hydrogen-bond acceptors (Lipinski definition) is 7. The zero-order chi connectivity index (χ0) is 17.3. The summed E-state index contributed by atoms with van der Waals surface area (Å²) in [5.74, 6) is 0. The highest BCUT2D eigenvalue weighted by atomic mass is 32.1. The molecule has 4 unspecified atom stereocenters. The zero-order valence-corrected chi connectivity index (χ0v) is 14.2. The van der Waals surface area contributed by atoms with Crippen LogP contribution in [0.5, 0.6) is 0 Å². The summed E-state index contributed by atoms with van der Waals surface area (Å²) in [5, 5.41) is 31.7. The topological polar surface area (TPSA) is 116 Å². The molecule has 0 bridgehead atoms. The molecule has 126 valence electrons. The molecule has 4 N–H and O–H groups in total. The van der Waals surface area contributed by atoms with Gasteiger partial charge in [-0.05, 0) is 27.7 Å². The number of nitrogens with one attached hydrogen (secondary N) is 1. The molecule has 9 heteroatoms. The van der Waals surface area contributed by atoms with Crippen LogP contribution in [0.15, 0.2) is 12.7 Å². The number of ether oxygens (including phenoxy) is 1. The number of imidazole rings is 1. The first-order valence-electron chi connectivity index (χ1n) is 7.19. The molecule has 0 aromatic carbocycles. The van der Waals surface area contributed by atoms with Gasteiger partial charge in [0, 0.05) is 0 Å². The Kier molecular flexibility index (Phi) is 3.28. The van der Waals surface area contributed by atoms with Crippen molar-refractivity contribution >= 4 is 23.4 Å². The van der Waals surface area contributed by atoms with E-state index in [0.29, 0.717) is 15.8 Å². The first-order chi connectivity index (χ1) is 10.5. The predicted molar refractivity (Wildman–Crippen MR) is 84.2 cm³/mol. The van der Waals surface area contributed by atoms with Crippen LogP contribution in [0.1, 0.15) is 27.7 Å². The van der Waals surface area contributed by atoms with Crippen molar-refractivity contribution in [1.82, 2.24) is 19.5 Å². The molecule has 2 aromatic heterocycles. The summed E-state index contributed by atoms with van der Waals surface area (Å²) in [4.78, 5) is 11.1. The molecule has 1 fully saturated rings. The highest BCUT2D eigenvalue weighted by Crippen LogP contribution is 2.54. The number of aliphatic hydroxyl groups is 3. The predicted octanol–water partition coefficient (Wildman–Crippen LogP) is 0.445. The molecule has 2 aromatic rings. The molecule has 4 atom stereocenters. The van der Waals surface area contributed by atoms with Gasteiger partial charge in [-0.2, -0.15) is 0 Å². The van der Waals surface area contributed by atoms with Gasteiger partial charge in [-0.25, -0.2) is 9.97 Å². The van der Waals surface area contributed by atoms with Gasteiger partial charge in [-0.1, -0.05) is 12.2 Å². The summed E-state index contributed by atoms with van der Waals surface area (Å²) in [6.07, 6.45) is 2.89. The van der Waals surface area contributed by atoms with Crippen molar-refractivity contribution in [2.45, 2.75) is 50.2 Å². The Morgan fingerprint density at radius 2 is 1.87 bits per heavy atom. The number of aromatic nitrogens is 4. The van der Waals surface area contributed by atoms with Gasteiger partial charge < -0.3 is 25.0 Å². The summed E-state index contributed by atoms with van der Waals surface area (Å²) >= 11 is 5.15. The van der Waals surface area contributed by atoms with Crippen LogP contribution in [0, 0.1) is 4.64 Å². The second kappa shape index (κ2) is 4.58. The summed E-state index contributed by atoms with van der Waals surface area (Å²) in [6, 6.07) is 0. The van der Waals surface area contributed by atoms with Crippen LogP contribution in [0.25, 0.3) is 11.2 Å².